The van der Waals surface area contributed by atoms with Gasteiger partial charge < -0.3 is 14.4 Å². The van der Waals surface area contributed by atoms with Gasteiger partial charge in [-0.2, -0.15) is 0 Å². The van der Waals surface area contributed by atoms with Crippen LogP contribution < -0.4 is 9.46 Å². The number of benzene rings is 2. The van der Waals surface area contributed by atoms with Crippen LogP contribution in [0.2, 0.25) is 0 Å². The molecule has 0 spiro atoms. The second kappa shape index (κ2) is 9.46. The first-order chi connectivity index (χ1) is 15.0. The van der Waals surface area contributed by atoms with Gasteiger partial charge in [-0.05, 0) is 36.4 Å². The molecule has 31 heavy (non-hydrogen) atoms. The van der Waals surface area contributed by atoms with Gasteiger partial charge >= 0.3 is 0 Å². The number of nitrogens with zero attached hydrogens (tertiary/aromatic N) is 2. The summed E-state index contributed by atoms with van der Waals surface area (Å²) in [5.74, 6) is 1.18. The minimum Gasteiger partial charge on any atom is -0.457 e. The average Bonchev–Trinajstić information content (AvgIpc) is 3.21. The Morgan fingerprint density at radius 1 is 1.06 bits per heavy atom. The van der Waals surface area contributed by atoms with Crippen molar-refractivity contribution in [3.8, 4) is 11.5 Å². The van der Waals surface area contributed by atoms with E-state index in [9.17, 15) is 13.2 Å². The van der Waals surface area contributed by atoms with E-state index in [1.54, 1.807) is 17.0 Å². The van der Waals surface area contributed by atoms with E-state index < -0.39 is 10.0 Å². The van der Waals surface area contributed by atoms with Crippen molar-refractivity contribution in [3.63, 3.8) is 0 Å². The van der Waals surface area contributed by atoms with E-state index in [1.165, 1.54) is 18.3 Å². The van der Waals surface area contributed by atoms with Crippen LogP contribution >= 0.6 is 11.3 Å². The largest absolute Gasteiger partial charge is 0.457 e. The van der Waals surface area contributed by atoms with Crippen LogP contribution in [-0.4, -0.2) is 50.5 Å². The Morgan fingerprint density at radius 3 is 2.45 bits per heavy atom. The highest BCUT2D eigenvalue weighted by Crippen LogP contribution is 2.25. The molecule has 0 bridgehead atoms. The van der Waals surface area contributed by atoms with Gasteiger partial charge in [0.2, 0.25) is 5.91 Å². The number of sulfonamides is 1. The number of ether oxygens (including phenoxy) is 2. The van der Waals surface area contributed by atoms with Gasteiger partial charge in [0, 0.05) is 24.2 Å². The number of nitrogens with one attached hydrogen (secondary N) is 1. The first-order valence-electron chi connectivity index (χ1n) is 9.66. The molecule has 1 aliphatic rings. The first-order valence-corrected chi connectivity index (χ1v) is 12.0. The molecule has 2 aromatic carbocycles. The van der Waals surface area contributed by atoms with Crippen LogP contribution in [0.3, 0.4) is 0 Å². The Morgan fingerprint density at radius 2 is 1.74 bits per heavy atom. The zero-order chi connectivity index (χ0) is 21.7. The Bertz CT molecular complexity index is 1130. The highest BCUT2D eigenvalue weighted by molar-refractivity contribution is 7.93. The topological polar surface area (TPSA) is 97.8 Å². The average molecular weight is 460 g/mol. The summed E-state index contributed by atoms with van der Waals surface area (Å²) in [6.45, 7) is 2.21. The van der Waals surface area contributed by atoms with Gasteiger partial charge in [-0.15, -0.1) is 11.3 Å². The fraction of sp³-hybridized carbons (Fsp3) is 0.238. The van der Waals surface area contributed by atoms with Crippen LogP contribution in [0.4, 0.5) is 5.13 Å². The quantitative estimate of drug-likeness (QED) is 0.583. The number of thiazole rings is 1. The van der Waals surface area contributed by atoms with Gasteiger partial charge in [-0.25, -0.2) is 13.4 Å². The zero-order valence-corrected chi connectivity index (χ0v) is 18.2. The normalized spacial score (nSPS) is 14.3. The first kappa shape index (κ1) is 21.3. The maximum Gasteiger partial charge on any atom is 0.263 e. The number of aromatic nitrogens is 1. The maximum atomic E-state index is 12.7. The van der Waals surface area contributed by atoms with Gasteiger partial charge in [-0.1, -0.05) is 18.2 Å². The number of carbonyl (C=O) groups is 1. The monoisotopic (exact) mass is 459 g/mol. The third kappa shape index (κ3) is 5.60. The number of hydrogen-bond acceptors (Lipinski definition) is 7. The molecule has 1 fully saturated rings. The van der Waals surface area contributed by atoms with Crippen LogP contribution in [0.15, 0.2) is 65.7 Å². The molecule has 162 valence electrons. The SMILES string of the molecule is O=C(Cc1cnc(NS(=O)(=O)c2ccc(Oc3ccccc3)cc2)s1)N1CCOCC1. The summed E-state index contributed by atoms with van der Waals surface area (Å²) >= 11 is 1.15. The molecule has 10 heteroatoms. The van der Waals surface area contributed by atoms with E-state index in [0.29, 0.717) is 42.7 Å². The van der Waals surface area contributed by atoms with Gasteiger partial charge in [0.1, 0.15) is 11.5 Å². The highest BCUT2D eigenvalue weighted by atomic mass is 32.2. The molecule has 4 rings (SSSR count). The van der Waals surface area contributed by atoms with Crippen molar-refractivity contribution in [3.05, 3.63) is 65.7 Å². The fourth-order valence-electron chi connectivity index (χ4n) is 3.00. The van der Waals surface area contributed by atoms with Crippen LogP contribution in [-0.2, 0) is 26.0 Å². The van der Waals surface area contributed by atoms with E-state index in [-0.39, 0.29) is 22.4 Å². The third-order valence-corrected chi connectivity index (χ3v) is 6.97. The second-order valence-corrected chi connectivity index (χ2v) is 9.59. The molecule has 3 aromatic rings. The summed E-state index contributed by atoms with van der Waals surface area (Å²) in [6, 6.07) is 15.4. The van der Waals surface area contributed by atoms with Crippen molar-refractivity contribution in [1.29, 1.82) is 0 Å². The molecule has 0 atom stereocenters. The number of morpholine rings is 1. The highest BCUT2D eigenvalue weighted by Gasteiger charge is 2.20. The van der Waals surface area contributed by atoms with E-state index in [2.05, 4.69) is 9.71 Å². The summed E-state index contributed by atoms with van der Waals surface area (Å²) in [5, 5.41) is 0.217. The lowest BCUT2D eigenvalue weighted by atomic mass is 10.3. The lowest BCUT2D eigenvalue weighted by Crippen LogP contribution is -2.41. The smallest absolute Gasteiger partial charge is 0.263 e. The Labute approximate surface area is 184 Å². The summed E-state index contributed by atoms with van der Waals surface area (Å²) < 4.78 is 38.8. The molecule has 0 unspecified atom stereocenters. The molecular weight excluding hydrogens is 438 g/mol. The van der Waals surface area contributed by atoms with Crippen molar-refractivity contribution in [1.82, 2.24) is 9.88 Å². The zero-order valence-electron chi connectivity index (χ0n) is 16.6. The van der Waals surface area contributed by atoms with Crippen molar-refractivity contribution in [2.45, 2.75) is 11.3 Å². The molecule has 1 N–H and O–H groups in total. The molecule has 1 amide bonds. The van der Waals surface area contributed by atoms with Crippen LogP contribution in [0.5, 0.6) is 11.5 Å². The Balaban J connectivity index is 1.38. The number of hydrogen-bond donors (Lipinski definition) is 1. The second-order valence-electron chi connectivity index (χ2n) is 6.79. The molecule has 1 saturated heterocycles. The van der Waals surface area contributed by atoms with E-state index in [0.717, 1.165) is 11.3 Å². The van der Waals surface area contributed by atoms with Crippen molar-refractivity contribution >= 4 is 32.4 Å². The van der Waals surface area contributed by atoms with Crippen LogP contribution in [0.25, 0.3) is 0 Å². The van der Waals surface area contributed by atoms with E-state index >= 15 is 0 Å². The lowest BCUT2D eigenvalue weighted by Gasteiger charge is -2.26. The van der Waals surface area contributed by atoms with Crippen LogP contribution in [0, 0.1) is 0 Å². The third-order valence-electron chi connectivity index (χ3n) is 4.58. The predicted octanol–water partition coefficient (Wildman–Crippen LogP) is 3.14. The molecule has 8 nitrogen and oxygen atoms in total. The molecule has 2 heterocycles. The summed E-state index contributed by atoms with van der Waals surface area (Å²) in [5.41, 5.74) is 0. The molecule has 0 saturated carbocycles. The van der Waals surface area contributed by atoms with E-state index in [1.807, 2.05) is 30.3 Å². The standard InChI is InChI=1S/C21H21N3O5S2/c25-20(24-10-12-28-13-11-24)14-18-15-22-21(30-18)23-31(26,27)19-8-6-17(7-9-19)29-16-4-2-1-3-5-16/h1-9,15H,10-14H2,(H,22,23). The Hall–Kier alpha value is -2.95. The summed E-state index contributed by atoms with van der Waals surface area (Å²) in [7, 11) is -3.81. The van der Waals surface area contributed by atoms with Crippen molar-refractivity contribution < 1.29 is 22.7 Å². The minimum atomic E-state index is -3.81. The molecular formula is C21H21N3O5S2. The number of rotatable bonds is 7. The maximum absolute atomic E-state index is 12.7. The van der Waals surface area contributed by atoms with Gasteiger partial charge in [-0.3, -0.25) is 9.52 Å². The number of amides is 1. The number of carbonyl (C=O) groups excluding carboxylic acids is 1. The molecule has 1 aromatic heterocycles. The molecule has 0 radical (unpaired) electrons. The van der Waals surface area contributed by atoms with Gasteiger partial charge in [0.15, 0.2) is 5.13 Å². The van der Waals surface area contributed by atoms with Crippen molar-refractivity contribution in [2.75, 3.05) is 31.0 Å². The van der Waals surface area contributed by atoms with Gasteiger partial charge in [0.25, 0.3) is 10.0 Å². The fourth-order valence-corrected chi connectivity index (χ4v) is 5.04. The summed E-state index contributed by atoms with van der Waals surface area (Å²) in [4.78, 5) is 19.0. The number of anilines is 1. The van der Waals surface area contributed by atoms with Crippen LogP contribution in [0.1, 0.15) is 4.88 Å². The summed E-state index contributed by atoms with van der Waals surface area (Å²) in [6.07, 6.45) is 1.71. The molecule has 0 aliphatic carbocycles. The number of para-hydroxylation sites is 1. The van der Waals surface area contributed by atoms with E-state index in [4.69, 9.17) is 9.47 Å². The predicted molar refractivity (Wildman–Crippen MR) is 117 cm³/mol. The lowest BCUT2D eigenvalue weighted by molar-refractivity contribution is -0.134. The van der Waals surface area contributed by atoms with Crippen molar-refractivity contribution in [2.24, 2.45) is 0 Å². The Kier molecular flexibility index (Phi) is 6.50. The molecule has 1 aliphatic heterocycles. The van der Waals surface area contributed by atoms with Gasteiger partial charge in [0.05, 0.1) is 24.5 Å². The minimum absolute atomic E-state index is 0.0182.